The molecule has 1 amide bonds. The van der Waals surface area contributed by atoms with Gasteiger partial charge in [-0.15, -0.1) is 10.2 Å². The van der Waals surface area contributed by atoms with Crippen molar-refractivity contribution in [2.24, 2.45) is 5.41 Å². The van der Waals surface area contributed by atoms with E-state index in [1.807, 2.05) is 9.47 Å². The Morgan fingerprint density at radius 3 is 2.57 bits per heavy atom. The van der Waals surface area contributed by atoms with Crippen LogP contribution in [0.4, 0.5) is 0 Å². The van der Waals surface area contributed by atoms with E-state index in [1.165, 1.54) is 12.8 Å². The summed E-state index contributed by atoms with van der Waals surface area (Å²) in [6, 6.07) is 0. The van der Waals surface area contributed by atoms with Gasteiger partial charge < -0.3 is 14.2 Å². The normalized spacial score (nSPS) is 27.2. The average molecular weight is 387 g/mol. The molecule has 1 spiro atoms. The Balaban J connectivity index is 1.22. The minimum atomic E-state index is -0.397. The van der Waals surface area contributed by atoms with Gasteiger partial charge >= 0.3 is 5.97 Å². The largest absolute Gasteiger partial charge is 0.461 e. The number of ether oxygens (including phenoxy) is 1. The fourth-order valence-electron chi connectivity index (χ4n) is 5.35. The van der Waals surface area contributed by atoms with Gasteiger partial charge in [-0.05, 0) is 51.6 Å². The number of cyclic esters (lactones) is 1. The van der Waals surface area contributed by atoms with Crippen molar-refractivity contribution in [1.82, 2.24) is 24.6 Å². The molecule has 5 rings (SSSR count). The zero-order valence-electron chi connectivity index (χ0n) is 16.4. The van der Waals surface area contributed by atoms with Crippen molar-refractivity contribution in [1.29, 1.82) is 0 Å². The van der Waals surface area contributed by atoms with Crippen LogP contribution in [0.1, 0.15) is 61.4 Å². The molecule has 0 aromatic carbocycles. The molecule has 0 bridgehead atoms. The molecule has 0 N–H and O–H groups in total. The molecular weight excluding hydrogens is 358 g/mol. The van der Waals surface area contributed by atoms with Gasteiger partial charge in [0.1, 0.15) is 11.9 Å². The molecule has 1 unspecified atom stereocenters. The van der Waals surface area contributed by atoms with E-state index in [-0.39, 0.29) is 18.0 Å². The molecule has 4 aliphatic heterocycles. The van der Waals surface area contributed by atoms with E-state index in [1.54, 1.807) is 0 Å². The van der Waals surface area contributed by atoms with Gasteiger partial charge in [-0.25, -0.2) is 0 Å². The quantitative estimate of drug-likeness (QED) is 0.726. The fraction of sp³-hybridized carbons (Fsp3) is 0.800. The van der Waals surface area contributed by atoms with Crippen molar-refractivity contribution in [2.45, 2.75) is 64.0 Å². The number of fused-ring (bicyclic) bond motifs is 1. The zero-order valence-corrected chi connectivity index (χ0v) is 16.4. The minimum Gasteiger partial charge on any atom is -0.461 e. The minimum absolute atomic E-state index is 0.0105. The number of likely N-dealkylation sites (tertiary alicyclic amines) is 2. The summed E-state index contributed by atoms with van der Waals surface area (Å²) in [5, 5.41) is 8.37. The maximum Gasteiger partial charge on any atom is 0.312 e. The van der Waals surface area contributed by atoms with Crippen molar-refractivity contribution in [3.63, 3.8) is 0 Å². The molecule has 8 heteroatoms. The zero-order chi connectivity index (χ0) is 19.1. The van der Waals surface area contributed by atoms with Crippen LogP contribution in [0.2, 0.25) is 0 Å². The van der Waals surface area contributed by atoms with E-state index < -0.39 is 5.41 Å². The van der Waals surface area contributed by atoms with Crippen molar-refractivity contribution < 1.29 is 14.3 Å². The standard InChI is InChI=1S/C20H29N5O3/c26-18(17-22-21-16-5-1-2-10-25(16)17)24-11-6-20(7-12-24)13-15(28-19(20)27)14-23-8-3-4-9-23/h15H,1-14H2. The molecule has 28 heavy (non-hydrogen) atoms. The maximum atomic E-state index is 13.0. The van der Waals surface area contributed by atoms with Gasteiger partial charge in [0.05, 0.1) is 5.41 Å². The van der Waals surface area contributed by atoms with E-state index in [0.29, 0.717) is 31.8 Å². The number of rotatable bonds is 3. The van der Waals surface area contributed by atoms with E-state index in [4.69, 9.17) is 4.74 Å². The average Bonchev–Trinajstić information content (AvgIpc) is 3.43. The summed E-state index contributed by atoms with van der Waals surface area (Å²) in [5.41, 5.74) is -0.397. The van der Waals surface area contributed by atoms with Crippen LogP contribution in [0.25, 0.3) is 0 Å². The SMILES string of the molecule is O=C(c1nnc2n1CCCC2)N1CCC2(CC1)CC(CN1CCCC1)OC2=O. The smallest absolute Gasteiger partial charge is 0.312 e. The summed E-state index contributed by atoms with van der Waals surface area (Å²) < 4.78 is 7.73. The molecule has 1 atom stereocenters. The van der Waals surface area contributed by atoms with E-state index in [0.717, 1.165) is 57.7 Å². The maximum absolute atomic E-state index is 13.0. The topological polar surface area (TPSA) is 80.6 Å². The van der Waals surface area contributed by atoms with Crippen molar-refractivity contribution in [3.05, 3.63) is 11.6 Å². The van der Waals surface area contributed by atoms with Crippen molar-refractivity contribution in [2.75, 3.05) is 32.7 Å². The first kappa shape index (κ1) is 18.1. The fourth-order valence-corrected chi connectivity index (χ4v) is 5.35. The van der Waals surface area contributed by atoms with Gasteiger partial charge in [-0.1, -0.05) is 0 Å². The number of amides is 1. The van der Waals surface area contributed by atoms with Crippen LogP contribution in [-0.2, 0) is 22.5 Å². The van der Waals surface area contributed by atoms with Gasteiger partial charge in [0.15, 0.2) is 0 Å². The van der Waals surface area contributed by atoms with Crippen LogP contribution in [0.15, 0.2) is 0 Å². The third-order valence-electron chi connectivity index (χ3n) is 7.04. The first-order valence-electron chi connectivity index (χ1n) is 10.8. The number of aromatic nitrogens is 3. The number of carbonyl (C=O) groups is 2. The van der Waals surface area contributed by atoms with Gasteiger partial charge in [-0.3, -0.25) is 14.5 Å². The first-order valence-corrected chi connectivity index (χ1v) is 10.8. The van der Waals surface area contributed by atoms with Crippen LogP contribution >= 0.6 is 0 Å². The molecule has 0 saturated carbocycles. The highest BCUT2D eigenvalue weighted by molar-refractivity contribution is 5.91. The van der Waals surface area contributed by atoms with Crippen LogP contribution < -0.4 is 0 Å². The predicted octanol–water partition coefficient (Wildman–Crippen LogP) is 1.25. The summed E-state index contributed by atoms with van der Waals surface area (Å²) in [4.78, 5) is 29.9. The summed E-state index contributed by atoms with van der Waals surface area (Å²) in [7, 11) is 0. The monoisotopic (exact) mass is 387 g/mol. The summed E-state index contributed by atoms with van der Waals surface area (Å²) in [6.45, 7) is 5.10. The van der Waals surface area contributed by atoms with E-state index >= 15 is 0 Å². The molecule has 1 aromatic heterocycles. The van der Waals surface area contributed by atoms with Gasteiger partial charge in [0.2, 0.25) is 5.82 Å². The Bertz CT molecular complexity index is 762. The number of esters is 1. The Kier molecular flexibility index (Phi) is 4.61. The highest BCUT2D eigenvalue weighted by Gasteiger charge is 2.51. The highest BCUT2D eigenvalue weighted by atomic mass is 16.6. The van der Waals surface area contributed by atoms with Crippen LogP contribution in [0.3, 0.4) is 0 Å². The molecule has 3 fully saturated rings. The Morgan fingerprint density at radius 1 is 1.04 bits per heavy atom. The Labute approximate surface area is 165 Å². The Hall–Kier alpha value is -1.96. The number of hydrogen-bond acceptors (Lipinski definition) is 6. The third kappa shape index (κ3) is 3.11. The molecule has 8 nitrogen and oxygen atoms in total. The number of hydrogen-bond donors (Lipinski definition) is 0. The summed E-state index contributed by atoms with van der Waals surface area (Å²) in [6.07, 6.45) is 7.75. The molecule has 152 valence electrons. The van der Waals surface area contributed by atoms with Crippen LogP contribution in [0, 0.1) is 5.41 Å². The van der Waals surface area contributed by atoms with Gasteiger partial charge in [-0.2, -0.15) is 0 Å². The van der Waals surface area contributed by atoms with Gasteiger partial charge in [0, 0.05) is 39.0 Å². The molecule has 5 heterocycles. The number of carbonyl (C=O) groups excluding carboxylic acids is 2. The third-order valence-corrected chi connectivity index (χ3v) is 7.04. The molecule has 3 saturated heterocycles. The number of nitrogens with zero attached hydrogens (tertiary/aromatic N) is 5. The predicted molar refractivity (Wildman–Crippen MR) is 101 cm³/mol. The second-order valence-electron chi connectivity index (χ2n) is 8.86. The second kappa shape index (κ2) is 7.13. The molecule has 0 aliphatic carbocycles. The lowest BCUT2D eigenvalue weighted by atomic mass is 9.76. The molecular formula is C20H29N5O3. The summed E-state index contributed by atoms with van der Waals surface area (Å²) in [5.74, 6) is 1.29. The number of aryl methyl sites for hydroxylation is 1. The molecule has 1 aromatic rings. The lowest BCUT2D eigenvalue weighted by Gasteiger charge is -2.36. The Morgan fingerprint density at radius 2 is 1.79 bits per heavy atom. The van der Waals surface area contributed by atoms with Crippen molar-refractivity contribution >= 4 is 11.9 Å². The molecule has 4 aliphatic rings. The first-order chi connectivity index (χ1) is 13.6. The number of piperidine rings is 1. The lowest BCUT2D eigenvalue weighted by molar-refractivity contribution is -0.151. The highest BCUT2D eigenvalue weighted by Crippen LogP contribution is 2.43. The van der Waals surface area contributed by atoms with Gasteiger partial charge in [0.25, 0.3) is 5.91 Å². The van der Waals surface area contributed by atoms with Crippen LogP contribution in [-0.4, -0.2) is 75.3 Å². The van der Waals surface area contributed by atoms with E-state index in [2.05, 4.69) is 15.1 Å². The molecule has 0 radical (unpaired) electrons. The summed E-state index contributed by atoms with van der Waals surface area (Å²) >= 11 is 0. The second-order valence-corrected chi connectivity index (χ2v) is 8.86. The van der Waals surface area contributed by atoms with E-state index in [9.17, 15) is 9.59 Å². The van der Waals surface area contributed by atoms with Crippen LogP contribution in [0.5, 0.6) is 0 Å². The van der Waals surface area contributed by atoms with Crippen molar-refractivity contribution in [3.8, 4) is 0 Å². The lowest BCUT2D eigenvalue weighted by Crippen LogP contribution is -2.45.